The minimum atomic E-state index is -0.981. The predicted molar refractivity (Wildman–Crippen MR) is 89.0 cm³/mol. The molecule has 0 N–H and O–H groups in total. The number of benzene rings is 2. The van der Waals surface area contributed by atoms with Crippen molar-refractivity contribution in [1.82, 2.24) is 10.2 Å². The molecule has 0 aliphatic carbocycles. The highest BCUT2D eigenvalue weighted by Gasteiger charge is 2.39. The Bertz CT molecular complexity index is 1020. The third kappa shape index (κ3) is 2.55. The van der Waals surface area contributed by atoms with E-state index in [4.69, 9.17) is 9.36 Å². The van der Waals surface area contributed by atoms with Gasteiger partial charge in [0.05, 0.1) is 11.1 Å². The molecule has 0 bridgehead atoms. The fraction of sp³-hybridized carbons (Fsp3) is 0.0526. The van der Waals surface area contributed by atoms with Crippen molar-refractivity contribution in [3.8, 4) is 11.3 Å². The number of imide groups is 1. The number of aryl methyl sites for hydroxylation is 1. The van der Waals surface area contributed by atoms with E-state index in [0.717, 1.165) is 11.1 Å². The van der Waals surface area contributed by atoms with E-state index < -0.39 is 17.8 Å². The molecule has 1 aliphatic rings. The molecule has 7 heteroatoms. The summed E-state index contributed by atoms with van der Waals surface area (Å²) in [5.41, 5.74) is 2.61. The lowest BCUT2D eigenvalue weighted by Crippen LogP contribution is -2.32. The summed E-state index contributed by atoms with van der Waals surface area (Å²) in [4.78, 5) is 41.6. The summed E-state index contributed by atoms with van der Waals surface area (Å²) < 4.78 is 5.00. The molecule has 0 unspecified atom stereocenters. The van der Waals surface area contributed by atoms with Crippen LogP contribution in [-0.2, 0) is 4.84 Å². The molecule has 1 aliphatic heterocycles. The van der Waals surface area contributed by atoms with Crippen LogP contribution >= 0.6 is 0 Å². The number of hydrogen-bond acceptors (Lipinski definition) is 6. The lowest BCUT2D eigenvalue weighted by molar-refractivity contribution is -0.0607. The molecule has 2 amide bonds. The van der Waals surface area contributed by atoms with Crippen molar-refractivity contribution in [1.29, 1.82) is 0 Å². The van der Waals surface area contributed by atoms with Crippen LogP contribution in [0, 0.1) is 6.92 Å². The number of hydrogen-bond donors (Lipinski definition) is 0. The van der Waals surface area contributed by atoms with Gasteiger partial charge in [-0.25, -0.2) is 4.79 Å². The van der Waals surface area contributed by atoms with Crippen molar-refractivity contribution >= 4 is 17.8 Å². The summed E-state index contributed by atoms with van der Waals surface area (Å²) in [5, 5.41) is 4.27. The van der Waals surface area contributed by atoms with E-state index in [1.165, 1.54) is 18.2 Å². The first-order chi connectivity index (χ1) is 12.5. The van der Waals surface area contributed by atoms with Crippen molar-refractivity contribution in [2.45, 2.75) is 6.92 Å². The molecule has 1 aromatic heterocycles. The number of hydroxylamine groups is 2. The number of aromatic nitrogens is 1. The second kappa shape index (κ2) is 5.96. The molecule has 0 atom stereocenters. The highest BCUT2D eigenvalue weighted by atomic mass is 16.7. The zero-order valence-corrected chi connectivity index (χ0v) is 13.6. The number of carbonyl (C=O) groups excluding carboxylic acids is 3. The Balaban J connectivity index is 1.55. The number of carbonyl (C=O) groups is 3. The minimum Gasteiger partial charge on any atom is -0.348 e. The van der Waals surface area contributed by atoms with Gasteiger partial charge in [0, 0.05) is 11.6 Å². The van der Waals surface area contributed by atoms with Gasteiger partial charge >= 0.3 is 5.97 Å². The fourth-order valence-electron chi connectivity index (χ4n) is 2.69. The van der Waals surface area contributed by atoms with E-state index >= 15 is 0 Å². The Morgan fingerprint density at radius 3 is 2.35 bits per heavy atom. The van der Waals surface area contributed by atoms with Gasteiger partial charge in [-0.05, 0) is 25.1 Å². The zero-order chi connectivity index (χ0) is 18.3. The van der Waals surface area contributed by atoms with E-state index in [9.17, 15) is 14.4 Å². The van der Waals surface area contributed by atoms with E-state index in [1.807, 2.05) is 31.2 Å². The van der Waals surface area contributed by atoms with Crippen molar-refractivity contribution < 1.29 is 23.7 Å². The predicted octanol–water partition coefficient (Wildman–Crippen LogP) is 3.02. The molecule has 3 aromatic rings. The molecule has 2 heterocycles. The maximum Gasteiger partial charge on any atom is 0.401 e. The maximum atomic E-state index is 12.3. The van der Waals surface area contributed by atoms with E-state index in [1.54, 1.807) is 12.1 Å². The van der Waals surface area contributed by atoms with Crippen molar-refractivity contribution in [3.05, 3.63) is 77.0 Å². The molecule has 2 aromatic carbocycles. The smallest absolute Gasteiger partial charge is 0.348 e. The Hall–Kier alpha value is -3.74. The van der Waals surface area contributed by atoms with Crippen LogP contribution in [0.1, 0.15) is 36.8 Å². The fourth-order valence-corrected chi connectivity index (χ4v) is 2.69. The minimum absolute atomic E-state index is 0.184. The Morgan fingerprint density at radius 1 is 1.00 bits per heavy atom. The van der Waals surface area contributed by atoms with Gasteiger partial charge < -0.3 is 9.36 Å². The third-order valence-electron chi connectivity index (χ3n) is 3.96. The first-order valence-corrected chi connectivity index (χ1v) is 7.78. The van der Waals surface area contributed by atoms with Gasteiger partial charge in [0.15, 0.2) is 0 Å². The Labute approximate surface area is 147 Å². The highest BCUT2D eigenvalue weighted by molar-refractivity contribution is 6.21. The van der Waals surface area contributed by atoms with Gasteiger partial charge in [-0.3, -0.25) is 9.59 Å². The zero-order valence-electron chi connectivity index (χ0n) is 13.6. The molecule has 4 rings (SSSR count). The average Bonchev–Trinajstić information content (AvgIpc) is 3.22. The van der Waals surface area contributed by atoms with Crippen molar-refractivity contribution in [3.63, 3.8) is 0 Å². The highest BCUT2D eigenvalue weighted by Crippen LogP contribution is 2.24. The van der Waals surface area contributed by atoms with Gasteiger partial charge in [0.25, 0.3) is 11.8 Å². The molecular weight excluding hydrogens is 336 g/mol. The quantitative estimate of drug-likeness (QED) is 0.676. The normalized spacial score (nSPS) is 13.0. The topological polar surface area (TPSA) is 89.7 Å². The number of rotatable bonds is 3. The molecule has 26 heavy (non-hydrogen) atoms. The second-order valence-electron chi connectivity index (χ2n) is 5.77. The monoisotopic (exact) mass is 348 g/mol. The van der Waals surface area contributed by atoms with Crippen LogP contribution in [0.25, 0.3) is 11.3 Å². The van der Waals surface area contributed by atoms with Crippen LogP contribution in [-0.4, -0.2) is 28.0 Å². The molecule has 128 valence electrons. The van der Waals surface area contributed by atoms with Crippen LogP contribution < -0.4 is 0 Å². The molecule has 0 fully saturated rings. The summed E-state index contributed by atoms with van der Waals surface area (Å²) >= 11 is 0. The molecule has 7 nitrogen and oxygen atoms in total. The van der Waals surface area contributed by atoms with Gasteiger partial charge in [-0.1, -0.05) is 46.1 Å². The summed E-state index contributed by atoms with van der Waals surface area (Å²) in [6, 6.07) is 15.1. The van der Waals surface area contributed by atoms with Gasteiger partial charge in [-0.15, -0.1) is 0 Å². The molecule has 0 saturated heterocycles. The Morgan fingerprint density at radius 2 is 1.69 bits per heavy atom. The lowest BCUT2D eigenvalue weighted by atomic mass is 10.1. The first kappa shape index (κ1) is 15.8. The van der Waals surface area contributed by atoms with Crippen LogP contribution in [0.4, 0.5) is 0 Å². The SMILES string of the molecule is Cc1cccc(-c2cc(C(=O)ON3C(=O)c4ccccc4C3=O)on2)c1. The van der Waals surface area contributed by atoms with Gasteiger partial charge in [0.2, 0.25) is 5.76 Å². The second-order valence-corrected chi connectivity index (χ2v) is 5.77. The van der Waals surface area contributed by atoms with Crippen molar-refractivity contribution in [2.24, 2.45) is 0 Å². The average molecular weight is 348 g/mol. The number of amides is 2. The maximum absolute atomic E-state index is 12.3. The summed E-state index contributed by atoms with van der Waals surface area (Å²) in [6.45, 7) is 1.93. The standard InChI is InChI=1S/C19H12N2O5/c1-11-5-4-6-12(9-11)15-10-16(25-20-15)19(24)26-21-17(22)13-7-2-3-8-14(13)18(21)23/h2-10H,1H3. The van der Waals surface area contributed by atoms with E-state index in [2.05, 4.69) is 5.16 Å². The largest absolute Gasteiger partial charge is 0.401 e. The van der Waals surface area contributed by atoms with Crippen LogP contribution in [0.15, 0.2) is 59.1 Å². The van der Waals surface area contributed by atoms with Gasteiger partial charge in [-0.2, -0.15) is 0 Å². The van der Waals surface area contributed by atoms with Gasteiger partial charge in [0.1, 0.15) is 5.69 Å². The molecular formula is C19H12N2O5. The first-order valence-electron chi connectivity index (χ1n) is 7.78. The lowest BCUT2D eigenvalue weighted by Gasteiger charge is -2.10. The number of fused-ring (bicyclic) bond motifs is 1. The number of nitrogens with zero attached hydrogens (tertiary/aromatic N) is 2. The molecule has 0 spiro atoms. The van der Waals surface area contributed by atoms with E-state index in [0.29, 0.717) is 10.8 Å². The summed E-state index contributed by atoms with van der Waals surface area (Å²) in [6.07, 6.45) is 0. The molecule has 0 saturated carbocycles. The van der Waals surface area contributed by atoms with Crippen LogP contribution in [0.5, 0.6) is 0 Å². The molecule has 0 radical (unpaired) electrons. The summed E-state index contributed by atoms with van der Waals surface area (Å²) in [5.74, 6) is -2.58. The van der Waals surface area contributed by atoms with E-state index in [-0.39, 0.29) is 16.9 Å². The van der Waals surface area contributed by atoms with Crippen LogP contribution in [0.2, 0.25) is 0 Å². The van der Waals surface area contributed by atoms with Crippen LogP contribution in [0.3, 0.4) is 0 Å². The van der Waals surface area contributed by atoms with Crippen molar-refractivity contribution in [2.75, 3.05) is 0 Å². The summed E-state index contributed by atoms with van der Waals surface area (Å²) in [7, 11) is 0. The third-order valence-corrected chi connectivity index (χ3v) is 3.96. The Kier molecular flexibility index (Phi) is 3.62.